The zero-order valence-electron chi connectivity index (χ0n) is 11.0. The number of hydrogen-bond acceptors (Lipinski definition) is 3. The summed E-state index contributed by atoms with van der Waals surface area (Å²) in [5, 5.41) is 11.2. The quantitative estimate of drug-likeness (QED) is 0.892. The van der Waals surface area contributed by atoms with Crippen LogP contribution in [0.15, 0.2) is 18.6 Å². The monoisotopic (exact) mass is 247 g/mol. The van der Waals surface area contributed by atoms with Crippen molar-refractivity contribution in [2.75, 3.05) is 5.32 Å². The maximum atomic E-state index is 11.7. The maximum absolute atomic E-state index is 11.7. The molecule has 0 aliphatic heterocycles. The van der Waals surface area contributed by atoms with Crippen molar-refractivity contribution in [3.63, 3.8) is 0 Å². The van der Waals surface area contributed by atoms with Gasteiger partial charge in [-0.2, -0.15) is 10.2 Å². The van der Waals surface area contributed by atoms with Gasteiger partial charge in [-0.05, 0) is 0 Å². The van der Waals surface area contributed by atoms with Crippen molar-refractivity contribution in [3.8, 4) is 11.1 Å². The molecule has 2 aromatic heterocycles. The van der Waals surface area contributed by atoms with Crippen molar-refractivity contribution in [3.05, 3.63) is 18.6 Å². The van der Waals surface area contributed by atoms with E-state index < -0.39 is 0 Å². The van der Waals surface area contributed by atoms with Gasteiger partial charge < -0.3 is 5.32 Å². The minimum Gasteiger partial charge on any atom is -0.308 e. The highest BCUT2D eigenvalue weighted by atomic mass is 16.1. The van der Waals surface area contributed by atoms with Crippen molar-refractivity contribution < 1.29 is 4.79 Å². The normalized spacial score (nSPS) is 10.9. The lowest BCUT2D eigenvalue weighted by Gasteiger charge is -2.06. The lowest BCUT2D eigenvalue weighted by atomic mass is 10.1. The zero-order chi connectivity index (χ0) is 13.3. The summed E-state index contributed by atoms with van der Waals surface area (Å²) in [6.07, 6.45) is 5.51. The van der Waals surface area contributed by atoms with Gasteiger partial charge >= 0.3 is 0 Å². The summed E-state index contributed by atoms with van der Waals surface area (Å²) >= 11 is 0. The van der Waals surface area contributed by atoms with Crippen LogP contribution >= 0.6 is 0 Å². The number of nitrogens with zero attached hydrogens (tertiary/aromatic N) is 4. The average molecular weight is 247 g/mol. The van der Waals surface area contributed by atoms with Crippen LogP contribution in [-0.4, -0.2) is 25.5 Å². The Morgan fingerprint density at radius 2 is 2.00 bits per heavy atom. The average Bonchev–Trinajstić information content (AvgIpc) is 2.85. The molecule has 0 bridgehead atoms. The van der Waals surface area contributed by atoms with Gasteiger partial charge in [0.15, 0.2) is 5.82 Å². The molecule has 0 spiro atoms. The van der Waals surface area contributed by atoms with Crippen LogP contribution in [0.3, 0.4) is 0 Å². The molecule has 18 heavy (non-hydrogen) atoms. The van der Waals surface area contributed by atoms with E-state index in [-0.39, 0.29) is 11.8 Å². The second-order valence-electron chi connectivity index (χ2n) is 4.61. The molecule has 0 atom stereocenters. The highest BCUT2D eigenvalue weighted by Crippen LogP contribution is 2.26. The summed E-state index contributed by atoms with van der Waals surface area (Å²) in [6, 6.07) is 0. The summed E-state index contributed by atoms with van der Waals surface area (Å²) < 4.78 is 3.40. The number of aromatic nitrogens is 4. The Kier molecular flexibility index (Phi) is 3.18. The summed E-state index contributed by atoms with van der Waals surface area (Å²) in [5.41, 5.74) is 1.81. The number of carbonyl (C=O) groups excluding carboxylic acids is 1. The van der Waals surface area contributed by atoms with Gasteiger partial charge in [0, 0.05) is 43.5 Å². The number of aryl methyl sites for hydroxylation is 2. The Labute approximate surface area is 106 Å². The van der Waals surface area contributed by atoms with Crippen LogP contribution < -0.4 is 5.32 Å². The van der Waals surface area contributed by atoms with Gasteiger partial charge in [0.2, 0.25) is 5.91 Å². The number of hydrogen-bond donors (Lipinski definition) is 1. The maximum Gasteiger partial charge on any atom is 0.228 e. The molecule has 6 nitrogen and oxygen atoms in total. The zero-order valence-corrected chi connectivity index (χ0v) is 11.0. The van der Waals surface area contributed by atoms with E-state index in [1.807, 2.05) is 40.3 Å². The van der Waals surface area contributed by atoms with Gasteiger partial charge in [0.25, 0.3) is 0 Å². The second-order valence-corrected chi connectivity index (χ2v) is 4.61. The van der Waals surface area contributed by atoms with E-state index in [1.165, 1.54) is 0 Å². The van der Waals surface area contributed by atoms with Crippen LogP contribution in [-0.2, 0) is 18.9 Å². The van der Waals surface area contributed by atoms with Crippen LogP contribution in [0.4, 0.5) is 5.82 Å². The molecule has 0 aromatic carbocycles. The Morgan fingerprint density at radius 1 is 1.28 bits per heavy atom. The highest BCUT2D eigenvalue weighted by molar-refractivity contribution is 5.94. The van der Waals surface area contributed by atoms with E-state index in [0.717, 1.165) is 11.1 Å². The van der Waals surface area contributed by atoms with Crippen molar-refractivity contribution >= 4 is 11.7 Å². The predicted molar refractivity (Wildman–Crippen MR) is 68.9 cm³/mol. The van der Waals surface area contributed by atoms with Crippen LogP contribution in [0.2, 0.25) is 0 Å². The fourth-order valence-corrected chi connectivity index (χ4v) is 1.61. The number of anilines is 1. The first kappa shape index (κ1) is 12.3. The highest BCUT2D eigenvalue weighted by Gasteiger charge is 2.15. The number of amides is 1. The SMILES string of the molecule is CC(C)C(=O)Nc1nn(C)cc1-c1cnn(C)c1. The molecule has 1 N–H and O–H groups in total. The molecule has 2 rings (SSSR count). The Morgan fingerprint density at radius 3 is 2.56 bits per heavy atom. The molecule has 0 fully saturated rings. The van der Waals surface area contributed by atoms with Gasteiger partial charge in [0.1, 0.15) is 0 Å². The molecule has 6 heteroatoms. The van der Waals surface area contributed by atoms with Crippen LogP contribution in [0.5, 0.6) is 0 Å². The topological polar surface area (TPSA) is 64.7 Å². The molecule has 1 amide bonds. The Balaban J connectivity index is 2.34. The van der Waals surface area contributed by atoms with Crippen LogP contribution in [0, 0.1) is 5.92 Å². The van der Waals surface area contributed by atoms with Crippen LogP contribution in [0.25, 0.3) is 11.1 Å². The fraction of sp³-hybridized carbons (Fsp3) is 0.417. The second kappa shape index (κ2) is 4.64. The number of nitrogens with one attached hydrogen (secondary N) is 1. The van der Waals surface area contributed by atoms with E-state index in [2.05, 4.69) is 15.5 Å². The summed E-state index contributed by atoms with van der Waals surface area (Å²) in [4.78, 5) is 11.7. The minimum absolute atomic E-state index is 0.0427. The summed E-state index contributed by atoms with van der Waals surface area (Å²) in [5.74, 6) is 0.455. The minimum atomic E-state index is -0.0752. The van der Waals surface area contributed by atoms with Crippen molar-refractivity contribution in [2.24, 2.45) is 20.0 Å². The van der Waals surface area contributed by atoms with Gasteiger partial charge in [0.05, 0.1) is 6.20 Å². The molecule has 2 aromatic rings. The first-order chi connectivity index (χ1) is 8.47. The largest absolute Gasteiger partial charge is 0.308 e. The Bertz CT molecular complexity index is 567. The smallest absolute Gasteiger partial charge is 0.228 e. The first-order valence-electron chi connectivity index (χ1n) is 5.81. The number of rotatable bonds is 3. The standard InChI is InChI=1S/C12H17N5O/c1-8(2)12(18)14-11-10(7-17(4)15-11)9-5-13-16(3)6-9/h5-8H,1-4H3,(H,14,15,18). The lowest BCUT2D eigenvalue weighted by molar-refractivity contribution is -0.118. The molecule has 2 heterocycles. The molecule has 0 saturated carbocycles. The van der Waals surface area contributed by atoms with E-state index in [9.17, 15) is 4.79 Å². The molecule has 0 saturated heterocycles. The van der Waals surface area contributed by atoms with Crippen molar-refractivity contribution in [1.29, 1.82) is 0 Å². The summed E-state index contributed by atoms with van der Waals surface area (Å²) in [7, 11) is 3.68. The predicted octanol–water partition coefficient (Wildman–Crippen LogP) is 1.42. The van der Waals surface area contributed by atoms with E-state index in [0.29, 0.717) is 5.82 Å². The summed E-state index contributed by atoms with van der Waals surface area (Å²) in [6.45, 7) is 3.70. The molecule has 96 valence electrons. The molecule has 0 radical (unpaired) electrons. The number of carbonyl (C=O) groups is 1. The van der Waals surface area contributed by atoms with Crippen LogP contribution in [0.1, 0.15) is 13.8 Å². The molecular weight excluding hydrogens is 230 g/mol. The van der Waals surface area contributed by atoms with Crippen molar-refractivity contribution in [1.82, 2.24) is 19.6 Å². The van der Waals surface area contributed by atoms with Crippen molar-refractivity contribution in [2.45, 2.75) is 13.8 Å². The lowest BCUT2D eigenvalue weighted by Crippen LogP contribution is -2.18. The van der Waals surface area contributed by atoms with Gasteiger partial charge in [-0.3, -0.25) is 14.2 Å². The fourth-order valence-electron chi connectivity index (χ4n) is 1.61. The van der Waals surface area contributed by atoms with E-state index >= 15 is 0 Å². The third-order valence-electron chi connectivity index (χ3n) is 2.61. The van der Waals surface area contributed by atoms with Gasteiger partial charge in [-0.25, -0.2) is 0 Å². The molecule has 0 aliphatic carbocycles. The van der Waals surface area contributed by atoms with E-state index in [4.69, 9.17) is 0 Å². The van der Waals surface area contributed by atoms with E-state index in [1.54, 1.807) is 15.6 Å². The van der Waals surface area contributed by atoms with Gasteiger partial charge in [-0.1, -0.05) is 13.8 Å². The molecular formula is C12H17N5O. The molecule has 0 aliphatic rings. The third kappa shape index (κ3) is 2.42. The molecule has 0 unspecified atom stereocenters. The third-order valence-corrected chi connectivity index (χ3v) is 2.61. The van der Waals surface area contributed by atoms with Gasteiger partial charge in [-0.15, -0.1) is 0 Å². The first-order valence-corrected chi connectivity index (χ1v) is 5.81. The Hall–Kier alpha value is -2.11.